The highest BCUT2D eigenvalue weighted by Crippen LogP contribution is 2.30. The minimum absolute atomic E-state index is 0.00692. The van der Waals surface area contributed by atoms with Gasteiger partial charge in [-0.1, -0.05) is 48.0 Å². The molecule has 0 N–H and O–H groups in total. The number of nitro groups is 1. The minimum atomic E-state index is -0.603. The van der Waals surface area contributed by atoms with E-state index in [0.29, 0.717) is 11.4 Å². The van der Waals surface area contributed by atoms with Gasteiger partial charge in [0.05, 0.1) is 4.92 Å². The van der Waals surface area contributed by atoms with Crippen LogP contribution in [0.3, 0.4) is 0 Å². The molecule has 25 heavy (non-hydrogen) atoms. The van der Waals surface area contributed by atoms with Gasteiger partial charge in [0.25, 0.3) is 11.6 Å². The van der Waals surface area contributed by atoms with Crippen molar-refractivity contribution in [2.45, 2.75) is 0 Å². The number of benzene rings is 3. The zero-order valence-corrected chi connectivity index (χ0v) is 13.8. The summed E-state index contributed by atoms with van der Waals surface area (Å²) < 4.78 is 0. The van der Waals surface area contributed by atoms with Crippen LogP contribution in [0.1, 0.15) is 10.4 Å². The number of hydrogen-bond acceptors (Lipinski definition) is 3. The van der Waals surface area contributed by atoms with Crippen LogP contribution in [0.25, 0.3) is 0 Å². The van der Waals surface area contributed by atoms with Gasteiger partial charge in [-0.25, -0.2) is 0 Å². The molecule has 0 heterocycles. The quantitative estimate of drug-likeness (QED) is 0.477. The third-order valence-corrected chi connectivity index (χ3v) is 3.94. The smallest absolute Gasteiger partial charge is 0.277 e. The van der Waals surface area contributed by atoms with E-state index in [1.807, 2.05) is 36.4 Å². The second-order valence-corrected chi connectivity index (χ2v) is 5.64. The van der Waals surface area contributed by atoms with E-state index in [-0.39, 0.29) is 22.2 Å². The summed E-state index contributed by atoms with van der Waals surface area (Å²) in [5.74, 6) is -0.378. The third-order valence-electron chi connectivity index (χ3n) is 3.62. The average Bonchev–Trinajstić information content (AvgIpc) is 2.64. The fraction of sp³-hybridized carbons (Fsp3) is 0. The van der Waals surface area contributed by atoms with Gasteiger partial charge in [0.2, 0.25) is 0 Å². The van der Waals surface area contributed by atoms with Crippen molar-refractivity contribution >= 4 is 34.6 Å². The van der Waals surface area contributed by atoms with Gasteiger partial charge in [0.1, 0.15) is 5.02 Å². The molecule has 0 spiro atoms. The predicted molar refractivity (Wildman–Crippen MR) is 97.5 cm³/mol. The van der Waals surface area contributed by atoms with Gasteiger partial charge in [-0.15, -0.1) is 0 Å². The molecule has 124 valence electrons. The van der Waals surface area contributed by atoms with E-state index in [1.54, 1.807) is 24.3 Å². The molecule has 3 aromatic rings. The number of nitro benzene ring substituents is 1. The van der Waals surface area contributed by atoms with Crippen LogP contribution in [-0.2, 0) is 0 Å². The number of amides is 1. The van der Waals surface area contributed by atoms with Crippen LogP contribution in [-0.4, -0.2) is 10.8 Å². The van der Waals surface area contributed by atoms with E-state index in [9.17, 15) is 14.9 Å². The van der Waals surface area contributed by atoms with Crippen molar-refractivity contribution in [3.05, 3.63) is 99.6 Å². The maximum atomic E-state index is 13.1. The summed E-state index contributed by atoms with van der Waals surface area (Å²) in [6.45, 7) is 0. The van der Waals surface area contributed by atoms with E-state index >= 15 is 0 Å². The predicted octanol–water partition coefficient (Wildman–Crippen LogP) is 5.23. The molecule has 3 aromatic carbocycles. The van der Waals surface area contributed by atoms with Crippen molar-refractivity contribution in [2.24, 2.45) is 0 Å². The molecule has 6 heteroatoms. The number of carbonyl (C=O) groups excluding carboxylic acids is 1. The van der Waals surface area contributed by atoms with Crippen molar-refractivity contribution in [2.75, 3.05) is 4.90 Å². The second kappa shape index (κ2) is 7.15. The number of nitrogens with zero attached hydrogens (tertiary/aromatic N) is 2. The van der Waals surface area contributed by atoms with Crippen molar-refractivity contribution < 1.29 is 9.72 Å². The van der Waals surface area contributed by atoms with Crippen LogP contribution in [0.4, 0.5) is 17.1 Å². The zero-order valence-electron chi connectivity index (χ0n) is 13.0. The Labute approximate surface area is 149 Å². The SMILES string of the molecule is O=C(c1ccc(Cl)c([N+](=O)[O-])c1)N(c1ccccc1)c1ccccc1. The Morgan fingerprint density at radius 1 is 0.880 bits per heavy atom. The lowest BCUT2D eigenvalue weighted by Crippen LogP contribution is -2.25. The number of rotatable bonds is 4. The Kier molecular flexibility index (Phi) is 4.77. The molecular formula is C19H13ClN2O3. The lowest BCUT2D eigenvalue weighted by atomic mass is 10.1. The van der Waals surface area contributed by atoms with Gasteiger partial charge in [-0.3, -0.25) is 19.8 Å². The standard InChI is InChI=1S/C19H13ClN2O3/c20-17-12-11-14(13-18(17)22(24)25)19(23)21(15-7-3-1-4-8-15)16-9-5-2-6-10-16/h1-13H. The lowest BCUT2D eigenvalue weighted by Gasteiger charge is -2.23. The summed E-state index contributed by atoms with van der Waals surface area (Å²) in [6, 6.07) is 22.2. The lowest BCUT2D eigenvalue weighted by molar-refractivity contribution is -0.384. The Morgan fingerprint density at radius 3 is 1.88 bits per heavy atom. The molecule has 0 aliphatic heterocycles. The fourth-order valence-corrected chi connectivity index (χ4v) is 2.64. The molecule has 5 nitrogen and oxygen atoms in total. The van der Waals surface area contributed by atoms with Gasteiger partial charge < -0.3 is 0 Å². The highest BCUT2D eigenvalue weighted by atomic mass is 35.5. The Hall–Kier alpha value is -3.18. The monoisotopic (exact) mass is 352 g/mol. The second-order valence-electron chi connectivity index (χ2n) is 5.23. The number of halogens is 1. The molecule has 0 fully saturated rings. The highest BCUT2D eigenvalue weighted by Gasteiger charge is 2.23. The number of para-hydroxylation sites is 2. The first-order valence-corrected chi connectivity index (χ1v) is 7.84. The van der Waals surface area contributed by atoms with Gasteiger partial charge in [0.15, 0.2) is 0 Å². The van der Waals surface area contributed by atoms with Gasteiger partial charge >= 0.3 is 0 Å². The molecule has 0 aliphatic carbocycles. The largest absolute Gasteiger partial charge is 0.288 e. The number of hydrogen-bond donors (Lipinski definition) is 0. The van der Waals surface area contributed by atoms with E-state index < -0.39 is 4.92 Å². The topological polar surface area (TPSA) is 63.4 Å². The summed E-state index contributed by atoms with van der Waals surface area (Å²) in [4.78, 5) is 25.1. The number of anilines is 2. The van der Waals surface area contributed by atoms with Gasteiger partial charge in [-0.05, 0) is 36.4 Å². The summed E-state index contributed by atoms with van der Waals surface area (Å²) in [5.41, 5.74) is 1.21. The van der Waals surface area contributed by atoms with Crippen LogP contribution in [0.5, 0.6) is 0 Å². The summed E-state index contributed by atoms with van der Waals surface area (Å²) in [6.07, 6.45) is 0. The van der Waals surface area contributed by atoms with Gasteiger partial charge in [-0.2, -0.15) is 0 Å². The van der Waals surface area contributed by atoms with Crippen LogP contribution >= 0.6 is 11.6 Å². The molecule has 0 atom stereocenters. The van der Waals surface area contributed by atoms with Crippen LogP contribution < -0.4 is 4.90 Å². The summed E-state index contributed by atoms with van der Waals surface area (Å²) >= 11 is 5.84. The molecule has 3 rings (SSSR count). The fourth-order valence-electron chi connectivity index (χ4n) is 2.45. The van der Waals surface area contributed by atoms with E-state index in [4.69, 9.17) is 11.6 Å². The Bertz CT molecular complexity index is 875. The molecule has 0 saturated heterocycles. The molecule has 1 amide bonds. The first-order valence-electron chi connectivity index (χ1n) is 7.46. The van der Waals surface area contributed by atoms with Crippen molar-refractivity contribution in [1.82, 2.24) is 0 Å². The normalized spacial score (nSPS) is 10.3. The molecule has 0 bridgehead atoms. The molecule has 0 unspecified atom stereocenters. The van der Waals surface area contributed by atoms with E-state index in [2.05, 4.69) is 0 Å². The summed E-state index contributed by atoms with van der Waals surface area (Å²) in [5, 5.41) is 11.1. The molecular weight excluding hydrogens is 340 g/mol. The maximum Gasteiger partial charge on any atom is 0.288 e. The maximum absolute atomic E-state index is 13.1. The number of carbonyl (C=O) groups is 1. The van der Waals surface area contributed by atoms with Crippen LogP contribution in [0.15, 0.2) is 78.9 Å². The highest BCUT2D eigenvalue weighted by molar-refractivity contribution is 6.32. The third kappa shape index (κ3) is 3.51. The molecule has 0 saturated carbocycles. The Morgan fingerprint density at radius 2 is 1.40 bits per heavy atom. The van der Waals surface area contributed by atoms with Crippen molar-refractivity contribution in [1.29, 1.82) is 0 Å². The molecule has 0 radical (unpaired) electrons. The van der Waals surface area contributed by atoms with E-state index in [0.717, 1.165) is 0 Å². The van der Waals surface area contributed by atoms with Gasteiger partial charge in [0, 0.05) is 23.0 Å². The minimum Gasteiger partial charge on any atom is -0.277 e. The van der Waals surface area contributed by atoms with Crippen LogP contribution in [0.2, 0.25) is 5.02 Å². The first-order chi connectivity index (χ1) is 12.1. The first kappa shape index (κ1) is 16.7. The molecule has 0 aromatic heterocycles. The van der Waals surface area contributed by atoms with Crippen molar-refractivity contribution in [3.63, 3.8) is 0 Å². The molecule has 0 aliphatic rings. The zero-order chi connectivity index (χ0) is 17.8. The van der Waals surface area contributed by atoms with E-state index in [1.165, 1.54) is 23.1 Å². The average molecular weight is 353 g/mol. The van der Waals surface area contributed by atoms with Crippen LogP contribution in [0, 0.1) is 10.1 Å². The Balaban J connectivity index is 2.10. The van der Waals surface area contributed by atoms with Crippen molar-refractivity contribution in [3.8, 4) is 0 Å². The summed E-state index contributed by atoms with van der Waals surface area (Å²) in [7, 11) is 0.